The van der Waals surface area contributed by atoms with E-state index in [1.807, 2.05) is 18.3 Å². The molecule has 0 amide bonds. The van der Waals surface area contributed by atoms with Crippen LogP contribution in [0.1, 0.15) is 46.2 Å². The van der Waals surface area contributed by atoms with E-state index in [1.54, 1.807) is 17.5 Å². The van der Waals surface area contributed by atoms with Crippen LogP contribution in [0.2, 0.25) is 0 Å². The zero-order valence-electron chi connectivity index (χ0n) is 11.0. The Morgan fingerprint density at radius 3 is 3.00 bits per heavy atom. The Labute approximate surface area is 118 Å². The molecule has 2 aromatic heterocycles. The van der Waals surface area contributed by atoms with Gasteiger partial charge in [0.05, 0.1) is 6.10 Å². The topological polar surface area (TPSA) is 33.1 Å². The van der Waals surface area contributed by atoms with Gasteiger partial charge in [-0.05, 0) is 48.9 Å². The van der Waals surface area contributed by atoms with E-state index in [0.29, 0.717) is 6.42 Å². The van der Waals surface area contributed by atoms with Crippen molar-refractivity contribution in [3.8, 4) is 0 Å². The highest BCUT2D eigenvalue weighted by atomic mass is 32.1. The lowest BCUT2D eigenvalue weighted by atomic mass is 10.1. The van der Waals surface area contributed by atoms with Gasteiger partial charge in [-0.2, -0.15) is 0 Å². The summed E-state index contributed by atoms with van der Waals surface area (Å²) in [6, 6.07) is 6.17. The average molecular weight is 273 g/mol. The SMILES string of the molecule is OC(Cc1cccnc1)c1cc2c(s1)CCCCC2. The Morgan fingerprint density at radius 2 is 2.16 bits per heavy atom. The second kappa shape index (κ2) is 5.85. The number of thiophene rings is 1. The molecule has 1 atom stereocenters. The van der Waals surface area contributed by atoms with Gasteiger partial charge in [0.15, 0.2) is 0 Å². The van der Waals surface area contributed by atoms with E-state index >= 15 is 0 Å². The average Bonchev–Trinajstić information content (AvgIpc) is 2.72. The molecule has 2 heterocycles. The smallest absolute Gasteiger partial charge is 0.0922 e. The molecule has 0 bridgehead atoms. The van der Waals surface area contributed by atoms with Crippen molar-refractivity contribution in [3.05, 3.63) is 51.5 Å². The summed E-state index contributed by atoms with van der Waals surface area (Å²) in [6.07, 6.45) is 10.2. The number of aliphatic hydroxyl groups is 1. The molecule has 3 heteroatoms. The quantitative estimate of drug-likeness (QED) is 0.865. The molecule has 0 radical (unpaired) electrons. The maximum absolute atomic E-state index is 10.4. The highest BCUT2D eigenvalue weighted by Crippen LogP contribution is 2.33. The van der Waals surface area contributed by atoms with Crippen molar-refractivity contribution >= 4 is 11.3 Å². The molecule has 0 saturated carbocycles. The van der Waals surface area contributed by atoms with Crippen molar-refractivity contribution in [2.75, 3.05) is 0 Å². The molecule has 0 saturated heterocycles. The first-order valence-corrected chi connectivity index (χ1v) is 7.83. The molecular formula is C16H19NOS. The normalized spacial score (nSPS) is 16.7. The predicted octanol–water partition coefficient (Wildman–Crippen LogP) is 3.69. The molecule has 19 heavy (non-hydrogen) atoms. The number of hydrogen-bond donors (Lipinski definition) is 1. The van der Waals surface area contributed by atoms with Crippen LogP contribution in [0, 0.1) is 0 Å². The Morgan fingerprint density at radius 1 is 1.26 bits per heavy atom. The standard InChI is InChI=1S/C16H19NOS/c18-14(9-12-5-4-8-17-11-12)16-10-13-6-2-1-3-7-15(13)19-16/h4-5,8,10-11,14,18H,1-3,6-7,9H2. The summed E-state index contributed by atoms with van der Waals surface area (Å²) < 4.78 is 0. The number of nitrogens with zero attached hydrogens (tertiary/aromatic N) is 1. The summed E-state index contributed by atoms with van der Waals surface area (Å²) in [5, 5.41) is 10.4. The Kier molecular flexibility index (Phi) is 3.95. The van der Waals surface area contributed by atoms with Crippen LogP contribution in [-0.4, -0.2) is 10.1 Å². The van der Waals surface area contributed by atoms with Gasteiger partial charge in [-0.3, -0.25) is 4.98 Å². The Balaban J connectivity index is 1.75. The third-order valence-corrected chi connectivity index (χ3v) is 5.08. The Hall–Kier alpha value is -1.19. The van der Waals surface area contributed by atoms with Crippen molar-refractivity contribution < 1.29 is 5.11 Å². The van der Waals surface area contributed by atoms with Crippen LogP contribution in [0.15, 0.2) is 30.6 Å². The molecule has 0 spiro atoms. The van der Waals surface area contributed by atoms with Crippen LogP contribution in [0.4, 0.5) is 0 Å². The minimum Gasteiger partial charge on any atom is -0.387 e. The summed E-state index contributed by atoms with van der Waals surface area (Å²) >= 11 is 1.81. The van der Waals surface area contributed by atoms with E-state index in [0.717, 1.165) is 10.4 Å². The van der Waals surface area contributed by atoms with Crippen molar-refractivity contribution in [3.63, 3.8) is 0 Å². The lowest BCUT2D eigenvalue weighted by Gasteiger charge is -2.08. The van der Waals surface area contributed by atoms with Crippen LogP contribution in [-0.2, 0) is 19.3 Å². The van der Waals surface area contributed by atoms with E-state index in [1.165, 1.54) is 42.5 Å². The van der Waals surface area contributed by atoms with Gasteiger partial charge in [0.25, 0.3) is 0 Å². The molecule has 100 valence electrons. The van der Waals surface area contributed by atoms with E-state index in [4.69, 9.17) is 0 Å². The van der Waals surface area contributed by atoms with Gasteiger partial charge in [0.1, 0.15) is 0 Å². The summed E-state index contributed by atoms with van der Waals surface area (Å²) in [7, 11) is 0. The van der Waals surface area contributed by atoms with Gasteiger partial charge >= 0.3 is 0 Å². The maximum Gasteiger partial charge on any atom is 0.0922 e. The molecule has 3 rings (SSSR count). The number of aliphatic hydroxyl groups excluding tert-OH is 1. The zero-order chi connectivity index (χ0) is 13.1. The van der Waals surface area contributed by atoms with Crippen molar-refractivity contribution in [1.82, 2.24) is 4.98 Å². The second-order valence-corrected chi connectivity index (χ2v) is 6.41. The number of rotatable bonds is 3. The van der Waals surface area contributed by atoms with Gasteiger partial charge in [-0.1, -0.05) is 12.5 Å². The van der Waals surface area contributed by atoms with Crippen molar-refractivity contribution in [1.29, 1.82) is 0 Å². The molecule has 0 aromatic carbocycles. The van der Waals surface area contributed by atoms with Crippen LogP contribution in [0.25, 0.3) is 0 Å². The monoisotopic (exact) mass is 273 g/mol. The first-order chi connectivity index (χ1) is 9.33. The zero-order valence-corrected chi connectivity index (χ0v) is 11.8. The number of aryl methyl sites for hydroxylation is 2. The van der Waals surface area contributed by atoms with E-state index < -0.39 is 0 Å². The first kappa shape index (κ1) is 12.8. The van der Waals surface area contributed by atoms with Gasteiger partial charge in [0, 0.05) is 28.6 Å². The summed E-state index contributed by atoms with van der Waals surface area (Å²) in [4.78, 5) is 6.72. The molecule has 2 aromatic rings. The third-order valence-electron chi connectivity index (χ3n) is 3.75. The van der Waals surface area contributed by atoms with Crippen LogP contribution < -0.4 is 0 Å². The largest absolute Gasteiger partial charge is 0.387 e. The molecule has 0 fully saturated rings. The third kappa shape index (κ3) is 3.04. The first-order valence-electron chi connectivity index (χ1n) is 7.01. The molecule has 1 aliphatic carbocycles. The van der Waals surface area contributed by atoms with Gasteiger partial charge < -0.3 is 5.11 Å². The van der Waals surface area contributed by atoms with E-state index in [2.05, 4.69) is 11.1 Å². The lowest BCUT2D eigenvalue weighted by Crippen LogP contribution is -1.99. The summed E-state index contributed by atoms with van der Waals surface area (Å²) in [5.41, 5.74) is 2.57. The predicted molar refractivity (Wildman–Crippen MR) is 78.5 cm³/mol. The fraction of sp³-hybridized carbons (Fsp3) is 0.438. The molecule has 1 N–H and O–H groups in total. The fourth-order valence-corrected chi connectivity index (χ4v) is 3.94. The minimum absolute atomic E-state index is 0.388. The highest BCUT2D eigenvalue weighted by Gasteiger charge is 2.17. The van der Waals surface area contributed by atoms with Crippen LogP contribution >= 0.6 is 11.3 Å². The minimum atomic E-state index is -0.388. The van der Waals surface area contributed by atoms with E-state index in [9.17, 15) is 5.11 Å². The second-order valence-electron chi connectivity index (χ2n) is 5.24. The molecule has 1 aliphatic rings. The van der Waals surface area contributed by atoms with Crippen LogP contribution in [0.3, 0.4) is 0 Å². The van der Waals surface area contributed by atoms with E-state index in [-0.39, 0.29) is 6.10 Å². The lowest BCUT2D eigenvalue weighted by molar-refractivity contribution is 0.182. The van der Waals surface area contributed by atoms with Crippen molar-refractivity contribution in [2.24, 2.45) is 0 Å². The summed E-state index contributed by atoms with van der Waals surface area (Å²) in [5.74, 6) is 0. The fourth-order valence-electron chi connectivity index (χ4n) is 2.70. The maximum atomic E-state index is 10.4. The number of fused-ring (bicyclic) bond motifs is 1. The van der Waals surface area contributed by atoms with Crippen LogP contribution in [0.5, 0.6) is 0 Å². The molecule has 1 unspecified atom stereocenters. The molecule has 0 aliphatic heterocycles. The number of hydrogen-bond acceptors (Lipinski definition) is 3. The summed E-state index contributed by atoms with van der Waals surface area (Å²) in [6.45, 7) is 0. The van der Waals surface area contributed by atoms with Crippen molar-refractivity contribution in [2.45, 2.75) is 44.6 Å². The Bertz CT molecular complexity index is 511. The van der Waals surface area contributed by atoms with Gasteiger partial charge in [0.2, 0.25) is 0 Å². The number of aromatic nitrogens is 1. The van der Waals surface area contributed by atoms with Gasteiger partial charge in [-0.15, -0.1) is 11.3 Å². The highest BCUT2D eigenvalue weighted by molar-refractivity contribution is 7.12. The molecular weight excluding hydrogens is 254 g/mol. The molecule has 2 nitrogen and oxygen atoms in total. The number of pyridine rings is 1. The van der Waals surface area contributed by atoms with Gasteiger partial charge in [-0.25, -0.2) is 0 Å².